The van der Waals surface area contributed by atoms with Gasteiger partial charge >= 0.3 is 5.97 Å². The standard InChI is InChI=1S/C16H23NO3S/c1-11-5-7-12(8-6-11)21-10-9-13(18)17-14(15(19)20)16(2,3)4/h5-8,14H,9-10H2,1-4H3,(H,17,18)(H,19,20). The molecule has 1 unspecified atom stereocenters. The molecule has 0 saturated heterocycles. The molecule has 0 aliphatic heterocycles. The van der Waals surface area contributed by atoms with Crippen molar-refractivity contribution in [2.45, 2.75) is 45.1 Å². The molecule has 5 heteroatoms. The van der Waals surface area contributed by atoms with Crippen molar-refractivity contribution in [2.75, 3.05) is 5.75 Å². The number of carbonyl (C=O) groups is 2. The molecule has 0 heterocycles. The summed E-state index contributed by atoms with van der Waals surface area (Å²) in [6.45, 7) is 7.42. The molecule has 0 fully saturated rings. The highest BCUT2D eigenvalue weighted by molar-refractivity contribution is 7.99. The zero-order valence-electron chi connectivity index (χ0n) is 13.0. The van der Waals surface area contributed by atoms with Crippen LogP contribution in [-0.4, -0.2) is 28.8 Å². The van der Waals surface area contributed by atoms with Crippen LogP contribution in [0.5, 0.6) is 0 Å². The highest BCUT2D eigenvalue weighted by Gasteiger charge is 2.32. The van der Waals surface area contributed by atoms with Gasteiger partial charge in [0.25, 0.3) is 0 Å². The monoisotopic (exact) mass is 309 g/mol. The topological polar surface area (TPSA) is 66.4 Å². The fraction of sp³-hybridized carbons (Fsp3) is 0.500. The first-order chi connectivity index (χ1) is 9.70. The molecule has 0 radical (unpaired) electrons. The van der Waals surface area contributed by atoms with Gasteiger partial charge in [-0.05, 0) is 24.5 Å². The molecule has 2 N–H and O–H groups in total. The van der Waals surface area contributed by atoms with Crippen molar-refractivity contribution in [3.8, 4) is 0 Å². The average Bonchev–Trinajstić information content (AvgIpc) is 2.36. The number of hydrogen-bond donors (Lipinski definition) is 2. The Hall–Kier alpha value is -1.49. The Bertz CT molecular complexity index is 491. The van der Waals surface area contributed by atoms with Gasteiger partial charge in [-0.3, -0.25) is 4.79 Å². The molecule has 0 aliphatic rings. The molecule has 4 nitrogen and oxygen atoms in total. The first-order valence-corrected chi connectivity index (χ1v) is 7.90. The number of carboxylic acids is 1. The molecule has 1 atom stereocenters. The lowest BCUT2D eigenvalue weighted by atomic mass is 9.87. The summed E-state index contributed by atoms with van der Waals surface area (Å²) >= 11 is 1.59. The molecule has 0 bridgehead atoms. The Morgan fingerprint density at radius 1 is 1.24 bits per heavy atom. The van der Waals surface area contributed by atoms with Gasteiger partial charge in [0.2, 0.25) is 5.91 Å². The maximum absolute atomic E-state index is 11.9. The molecular weight excluding hydrogens is 286 g/mol. The second kappa shape index (κ2) is 7.50. The fourth-order valence-electron chi connectivity index (χ4n) is 1.78. The summed E-state index contributed by atoms with van der Waals surface area (Å²) in [5.74, 6) is -0.593. The molecule has 0 saturated carbocycles. The highest BCUT2D eigenvalue weighted by atomic mass is 32.2. The van der Waals surface area contributed by atoms with E-state index in [-0.39, 0.29) is 5.91 Å². The number of nitrogens with one attached hydrogen (secondary N) is 1. The largest absolute Gasteiger partial charge is 0.480 e. The van der Waals surface area contributed by atoms with E-state index in [2.05, 4.69) is 5.32 Å². The molecule has 1 aromatic rings. The summed E-state index contributed by atoms with van der Waals surface area (Å²) in [5, 5.41) is 11.8. The minimum atomic E-state index is -0.998. The number of benzene rings is 1. The Morgan fingerprint density at radius 3 is 2.29 bits per heavy atom. The van der Waals surface area contributed by atoms with E-state index in [1.54, 1.807) is 32.5 Å². The number of thioether (sulfide) groups is 1. The van der Waals surface area contributed by atoms with Gasteiger partial charge in [0, 0.05) is 17.1 Å². The summed E-state index contributed by atoms with van der Waals surface area (Å²) in [7, 11) is 0. The van der Waals surface area contributed by atoms with Crippen LogP contribution in [0.25, 0.3) is 0 Å². The number of carboxylic acid groups (broad SMARTS) is 1. The van der Waals surface area contributed by atoms with E-state index in [9.17, 15) is 9.59 Å². The average molecular weight is 309 g/mol. The summed E-state index contributed by atoms with van der Waals surface area (Å²) in [6, 6.07) is 7.24. The van der Waals surface area contributed by atoms with E-state index in [0.717, 1.165) is 4.90 Å². The quantitative estimate of drug-likeness (QED) is 0.793. The van der Waals surface area contributed by atoms with Crippen molar-refractivity contribution in [2.24, 2.45) is 5.41 Å². The molecule has 0 aliphatic carbocycles. The molecule has 21 heavy (non-hydrogen) atoms. The van der Waals surface area contributed by atoms with E-state index in [1.807, 2.05) is 31.2 Å². The molecule has 0 aromatic heterocycles. The Kier molecular flexibility index (Phi) is 6.27. The van der Waals surface area contributed by atoms with E-state index in [0.29, 0.717) is 12.2 Å². The molecule has 1 aromatic carbocycles. The van der Waals surface area contributed by atoms with Gasteiger partial charge in [0.05, 0.1) is 0 Å². The highest BCUT2D eigenvalue weighted by Crippen LogP contribution is 2.21. The minimum absolute atomic E-state index is 0.225. The van der Waals surface area contributed by atoms with Crippen molar-refractivity contribution >= 4 is 23.6 Å². The van der Waals surface area contributed by atoms with Crippen LogP contribution in [0.3, 0.4) is 0 Å². The molecule has 116 valence electrons. The third-order valence-electron chi connectivity index (χ3n) is 3.04. The van der Waals surface area contributed by atoms with Gasteiger partial charge in [0.15, 0.2) is 0 Å². The second-order valence-electron chi connectivity index (χ2n) is 6.12. The molecular formula is C16H23NO3S. The van der Waals surface area contributed by atoms with Crippen LogP contribution < -0.4 is 5.32 Å². The molecule has 1 rings (SSSR count). The van der Waals surface area contributed by atoms with Gasteiger partial charge in [-0.2, -0.15) is 0 Å². The van der Waals surface area contributed by atoms with Crippen LogP contribution in [0.4, 0.5) is 0 Å². The molecule has 0 spiro atoms. The van der Waals surface area contributed by atoms with E-state index < -0.39 is 17.4 Å². The van der Waals surface area contributed by atoms with E-state index in [1.165, 1.54) is 5.56 Å². The fourth-order valence-corrected chi connectivity index (χ4v) is 2.63. The lowest BCUT2D eigenvalue weighted by Crippen LogP contribution is -2.49. The van der Waals surface area contributed by atoms with Crippen LogP contribution in [0.1, 0.15) is 32.8 Å². The zero-order chi connectivity index (χ0) is 16.0. The number of aryl methyl sites for hydroxylation is 1. The number of aliphatic carboxylic acids is 1. The number of rotatable bonds is 6. The predicted octanol–water partition coefficient (Wildman–Crippen LogP) is 3.09. The normalized spacial score (nSPS) is 12.8. The number of carbonyl (C=O) groups excluding carboxylic acids is 1. The van der Waals surface area contributed by atoms with Crippen LogP contribution in [0.15, 0.2) is 29.2 Å². The predicted molar refractivity (Wildman–Crippen MR) is 85.5 cm³/mol. The first kappa shape index (κ1) is 17.6. The van der Waals surface area contributed by atoms with E-state index >= 15 is 0 Å². The lowest BCUT2D eigenvalue weighted by molar-refractivity contribution is -0.144. The number of amides is 1. The summed E-state index contributed by atoms with van der Waals surface area (Å²) < 4.78 is 0. The summed E-state index contributed by atoms with van der Waals surface area (Å²) in [6.07, 6.45) is 0.304. The molecule has 1 amide bonds. The van der Waals surface area contributed by atoms with Crippen molar-refractivity contribution in [1.29, 1.82) is 0 Å². The van der Waals surface area contributed by atoms with E-state index in [4.69, 9.17) is 5.11 Å². The first-order valence-electron chi connectivity index (χ1n) is 6.92. The second-order valence-corrected chi connectivity index (χ2v) is 7.28. The minimum Gasteiger partial charge on any atom is -0.480 e. The zero-order valence-corrected chi connectivity index (χ0v) is 13.8. The SMILES string of the molecule is Cc1ccc(SCCC(=O)NC(C(=O)O)C(C)(C)C)cc1. The van der Waals surface area contributed by atoms with Crippen molar-refractivity contribution in [3.05, 3.63) is 29.8 Å². The lowest BCUT2D eigenvalue weighted by Gasteiger charge is -2.27. The van der Waals surface area contributed by atoms with Crippen molar-refractivity contribution < 1.29 is 14.7 Å². The van der Waals surface area contributed by atoms with Gasteiger partial charge in [-0.15, -0.1) is 11.8 Å². The summed E-state index contributed by atoms with van der Waals surface area (Å²) in [5.41, 5.74) is 0.692. The summed E-state index contributed by atoms with van der Waals surface area (Å²) in [4.78, 5) is 24.2. The Labute approximate surface area is 130 Å². The van der Waals surface area contributed by atoms with Gasteiger partial charge in [-0.1, -0.05) is 38.5 Å². The Balaban J connectivity index is 2.43. The van der Waals surface area contributed by atoms with Crippen LogP contribution >= 0.6 is 11.8 Å². The van der Waals surface area contributed by atoms with Crippen LogP contribution in [-0.2, 0) is 9.59 Å². The van der Waals surface area contributed by atoms with Crippen molar-refractivity contribution in [3.63, 3.8) is 0 Å². The van der Waals surface area contributed by atoms with Gasteiger partial charge in [0.1, 0.15) is 6.04 Å². The van der Waals surface area contributed by atoms with Gasteiger partial charge < -0.3 is 10.4 Å². The van der Waals surface area contributed by atoms with Gasteiger partial charge in [-0.25, -0.2) is 4.79 Å². The third-order valence-corrected chi connectivity index (χ3v) is 4.05. The number of hydrogen-bond acceptors (Lipinski definition) is 3. The maximum Gasteiger partial charge on any atom is 0.326 e. The smallest absolute Gasteiger partial charge is 0.326 e. The third kappa shape index (κ3) is 6.21. The van der Waals surface area contributed by atoms with Crippen molar-refractivity contribution in [1.82, 2.24) is 5.32 Å². The maximum atomic E-state index is 11.9. The Morgan fingerprint density at radius 2 is 1.81 bits per heavy atom. The van der Waals surface area contributed by atoms with Crippen LogP contribution in [0.2, 0.25) is 0 Å². The van der Waals surface area contributed by atoms with Crippen LogP contribution in [0, 0.1) is 12.3 Å².